The van der Waals surface area contributed by atoms with Gasteiger partial charge in [0.1, 0.15) is 5.60 Å². The number of rotatable bonds is 3. The Bertz CT molecular complexity index is 265. The van der Waals surface area contributed by atoms with Crippen molar-refractivity contribution in [3.63, 3.8) is 0 Å². The van der Waals surface area contributed by atoms with Crippen LogP contribution in [-0.4, -0.2) is 54.3 Å². The molecule has 0 radical (unpaired) electrons. The Kier molecular flexibility index (Phi) is 4.96. The van der Waals surface area contributed by atoms with Gasteiger partial charge in [-0.05, 0) is 20.8 Å². The van der Waals surface area contributed by atoms with E-state index in [9.17, 15) is 4.79 Å². The van der Waals surface area contributed by atoms with Crippen molar-refractivity contribution in [3.05, 3.63) is 12.7 Å². The standard InChI is InChI=1S/C12H23N3O2/c1-5-6-14-7-9-15(10-8-14)13-11(16)17-12(2,3)4/h5H,1,6-10H2,2-4H3,(H,13,16). The zero-order valence-corrected chi connectivity index (χ0v) is 11.0. The number of piperazine rings is 1. The molecule has 1 heterocycles. The van der Waals surface area contributed by atoms with Crippen LogP contribution in [0.5, 0.6) is 0 Å². The number of carbonyl (C=O) groups is 1. The first-order valence-corrected chi connectivity index (χ1v) is 5.98. The van der Waals surface area contributed by atoms with E-state index in [1.165, 1.54) is 0 Å². The van der Waals surface area contributed by atoms with E-state index >= 15 is 0 Å². The van der Waals surface area contributed by atoms with Crippen LogP contribution >= 0.6 is 0 Å². The zero-order valence-electron chi connectivity index (χ0n) is 11.0. The molecule has 1 amide bonds. The van der Waals surface area contributed by atoms with Crippen molar-refractivity contribution in [3.8, 4) is 0 Å². The molecule has 0 bridgehead atoms. The summed E-state index contributed by atoms with van der Waals surface area (Å²) in [4.78, 5) is 13.8. The van der Waals surface area contributed by atoms with Crippen molar-refractivity contribution in [1.82, 2.24) is 15.3 Å². The summed E-state index contributed by atoms with van der Waals surface area (Å²) in [6.07, 6.45) is 1.52. The molecule has 1 aliphatic heterocycles. The Morgan fingerprint density at radius 1 is 1.35 bits per heavy atom. The maximum absolute atomic E-state index is 11.5. The van der Waals surface area contributed by atoms with Gasteiger partial charge in [0.15, 0.2) is 0 Å². The number of hydrogen-bond acceptors (Lipinski definition) is 4. The molecule has 17 heavy (non-hydrogen) atoms. The number of nitrogens with zero attached hydrogens (tertiary/aromatic N) is 2. The molecule has 1 aliphatic rings. The van der Waals surface area contributed by atoms with Crippen molar-refractivity contribution in [2.24, 2.45) is 0 Å². The highest BCUT2D eigenvalue weighted by atomic mass is 16.6. The molecule has 0 atom stereocenters. The molecule has 1 rings (SSSR count). The van der Waals surface area contributed by atoms with Crippen LogP contribution in [0.3, 0.4) is 0 Å². The number of nitrogens with one attached hydrogen (secondary N) is 1. The van der Waals surface area contributed by atoms with E-state index in [0.29, 0.717) is 0 Å². The van der Waals surface area contributed by atoms with Crippen LogP contribution in [0.4, 0.5) is 4.79 Å². The topological polar surface area (TPSA) is 44.8 Å². The minimum atomic E-state index is -0.450. The van der Waals surface area contributed by atoms with Crippen molar-refractivity contribution in [2.45, 2.75) is 26.4 Å². The summed E-state index contributed by atoms with van der Waals surface area (Å²) in [6, 6.07) is 0. The Morgan fingerprint density at radius 2 is 1.94 bits per heavy atom. The molecular formula is C12H23N3O2. The smallest absolute Gasteiger partial charge is 0.422 e. The van der Waals surface area contributed by atoms with Crippen LogP contribution in [0.25, 0.3) is 0 Å². The normalized spacial score (nSPS) is 18.8. The van der Waals surface area contributed by atoms with Gasteiger partial charge in [0.25, 0.3) is 0 Å². The van der Waals surface area contributed by atoms with Crippen LogP contribution in [-0.2, 0) is 4.74 Å². The Morgan fingerprint density at radius 3 is 2.41 bits per heavy atom. The lowest BCUT2D eigenvalue weighted by atomic mass is 10.2. The van der Waals surface area contributed by atoms with Crippen molar-refractivity contribution < 1.29 is 9.53 Å². The van der Waals surface area contributed by atoms with Gasteiger partial charge in [-0.1, -0.05) is 6.08 Å². The SMILES string of the molecule is C=CCN1CCN(NC(=O)OC(C)(C)C)CC1. The highest BCUT2D eigenvalue weighted by molar-refractivity contribution is 5.67. The second kappa shape index (κ2) is 6.02. The molecule has 1 N–H and O–H groups in total. The highest BCUT2D eigenvalue weighted by Crippen LogP contribution is 2.07. The molecule has 0 aromatic carbocycles. The van der Waals surface area contributed by atoms with E-state index in [1.54, 1.807) is 0 Å². The fourth-order valence-electron chi connectivity index (χ4n) is 1.65. The maximum atomic E-state index is 11.5. The quantitative estimate of drug-likeness (QED) is 0.755. The minimum absolute atomic E-state index is 0.380. The van der Waals surface area contributed by atoms with E-state index in [0.717, 1.165) is 32.7 Å². The summed E-state index contributed by atoms with van der Waals surface area (Å²) in [5.74, 6) is 0. The second-order valence-electron chi connectivity index (χ2n) is 5.19. The van der Waals surface area contributed by atoms with Gasteiger partial charge < -0.3 is 4.74 Å². The lowest BCUT2D eigenvalue weighted by Crippen LogP contribution is -2.54. The maximum Gasteiger partial charge on any atom is 0.422 e. The number of ether oxygens (including phenoxy) is 1. The number of hydrazine groups is 1. The van der Waals surface area contributed by atoms with E-state index in [1.807, 2.05) is 31.9 Å². The van der Waals surface area contributed by atoms with Crippen LogP contribution in [0, 0.1) is 0 Å². The number of amides is 1. The first-order chi connectivity index (χ1) is 7.90. The lowest BCUT2D eigenvalue weighted by molar-refractivity contribution is 0.0232. The molecule has 5 heteroatoms. The zero-order chi connectivity index (χ0) is 12.9. The predicted molar refractivity (Wildman–Crippen MR) is 67.6 cm³/mol. The van der Waals surface area contributed by atoms with Crippen molar-refractivity contribution >= 4 is 6.09 Å². The Hall–Kier alpha value is -1.07. The molecule has 5 nitrogen and oxygen atoms in total. The van der Waals surface area contributed by atoms with Crippen LogP contribution in [0.15, 0.2) is 12.7 Å². The molecule has 0 spiro atoms. The van der Waals surface area contributed by atoms with E-state index in [4.69, 9.17) is 4.74 Å². The van der Waals surface area contributed by atoms with Gasteiger partial charge in [-0.3, -0.25) is 10.3 Å². The van der Waals surface area contributed by atoms with Gasteiger partial charge in [0.05, 0.1) is 0 Å². The third-order valence-electron chi connectivity index (χ3n) is 2.41. The molecule has 0 aromatic rings. The second-order valence-corrected chi connectivity index (χ2v) is 5.19. The van der Waals surface area contributed by atoms with Gasteiger partial charge in [-0.2, -0.15) is 0 Å². The van der Waals surface area contributed by atoms with E-state index < -0.39 is 5.60 Å². The molecule has 98 valence electrons. The fraction of sp³-hybridized carbons (Fsp3) is 0.750. The average molecular weight is 241 g/mol. The molecule has 1 fully saturated rings. The summed E-state index contributed by atoms with van der Waals surface area (Å²) in [7, 11) is 0. The van der Waals surface area contributed by atoms with Gasteiger partial charge in [-0.25, -0.2) is 9.80 Å². The van der Waals surface area contributed by atoms with Crippen LogP contribution in [0.1, 0.15) is 20.8 Å². The molecule has 0 aliphatic carbocycles. The van der Waals surface area contributed by atoms with Gasteiger partial charge in [-0.15, -0.1) is 6.58 Å². The third-order valence-corrected chi connectivity index (χ3v) is 2.41. The lowest BCUT2D eigenvalue weighted by Gasteiger charge is -2.34. The molecule has 0 saturated carbocycles. The first-order valence-electron chi connectivity index (χ1n) is 5.98. The Balaban J connectivity index is 2.26. The number of hydrogen-bond donors (Lipinski definition) is 1. The Labute approximate surface area is 103 Å². The summed E-state index contributed by atoms with van der Waals surface area (Å²) in [5, 5.41) is 1.90. The molecule has 0 aromatic heterocycles. The predicted octanol–water partition coefficient (Wildman–Crippen LogP) is 1.23. The van der Waals surface area contributed by atoms with Crippen LogP contribution < -0.4 is 5.43 Å². The van der Waals surface area contributed by atoms with E-state index in [-0.39, 0.29) is 6.09 Å². The fourth-order valence-corrected chi connectivity index (χ4v) is 1.65. The molecule has 0 unspecified atom stereocenters. The van der Waals surface area contributed by atoms with Gasteiger partial charge in [0, 0.05) is 32.7 Å². The van der Waals surface area contributed by atoms with Crippen LogP contribution in [0.2, 0.25) is 0 Å². The summed E-state index contributed by atoms with van der Waals surface area (Å²) >= 11 is 0. The monoisotopic (exact) mass is 241 g/mol. The highest BCUT2D eigenvalue weighted by Gasteiger charge is 2.21. The summed E-state index contributed by atoms with van der Waals surface area (Å²) in [6.45, 7) is 13.7. The largest absolute Gasteiger partial charge is 0.443 e. The number of carbonyl (C=O) groups excluding carboxylic acids is 1. The van der Waals surface area contributed by atoms with Crippen molar-refractivity contribution in [2.75, 3.05) is 32.7 Å². The third kappa shape index (κ3) is 5.70. The first kappa shape index (κ1) is 14.0. The van der Waals surface area contributed by atoms with Gasteiger partial charge >= 0.3 is 6.09 Å². The summed E-state index contributed by atoms with van der Waals surface area (Å²) in [5.41, 5.74) is 2.31. The molecule has 1 saturated heterocycles. The summed E-state index contributed by atoms with van der Waals surface area (Å²) < 4.78 is 5.19. The molecular weight excluding hydrogens is 218 g/mol. The van der Waals surface area contributed by atoms with E-state index in [2.05, 4.69) is 16.9 Å². The average Bonchev–Trinajstić information content (AvgIpc) is 2.18. The van der Waals surface area contributed by atoms with Crippen molar-refractivity contribution in [1.29, 1.82) is 0 Å². The van der Waals surface area contributed by atoms with Gasteiger partial charge in [0.2, 0.25) is 0 Å². The minimum Gasteiger partial charge on any atom is -0.443 e.